The van der Waals surface area contributed by atoms with Gasteiger partial charge in [-0.2, -0.15) is 0 Å². The minimum absolute atomic E-state index is 0. The third-order valence-electron chi connectivity index (χ3n) is 4.84. The van der Waals surface area contributed by atoms with Crippen LogP contribution >= 0.6 is 0 Å². The Morgan fingerprint density at radius 2 is 1.48 bits per heavy atom. The zero-order valence-electron chi connectivity index (χ0n) is 14.7. The highest BCUT2D eigenvalue weighted by Gasteiger charge is 2.41. The van der Waals surface area contributed by atoms with Gasteiger partial charge in [-0.15, -0.1) is 0 Å². The summed E-state index contributed by atoms with van der Waals surface area (Å²) in [6.07, 6.45) is 2.50. The topological polar surface area (TPSA) is 0 Å². The molecule has 2 aromatic carbocycles. The van der Waals surface area contributed by atoms with E-state index in [9.17, 15) is 0 Å². The van der Waals surface area contributed by atoms with E-state index in [1.807, 2.05) is 0 Å². The average Bonchev–Trinajstić information content (AvgIpc) is 2.45. The van der Waals surface area contributed by atoms with Gasteiger partial charge in [0.25, 0.3) is 0 Å². The number of rotatable bonds is 3. The smallest absolute Gasteiger partial charge is 0.119 e. The van der Waals surface area contributed by atoms with E-state index in [1.165, 1.54) is 24.7 Å². The van der Waals surface area contributed by atoms with Gasteiger partial charge in [0.05, 0.1) is 13.2 Å². The Morgan fingerprint density at radius 1 is 0.913 bits per heavy atom. The molecule has 1 aliphatic heterocycles. The fourth-order valence-corrected chi connectivity index (χ4v) is 6.74. The van der Waals surface area contributed by atoms with Crippen LogP contribution in [0.5, 0.6) is 0 Å². The van der Waals surface area contributed by atoms with Crippen LogP contribution in [0, 0.1) is 0 Å². The van der Waals surface area contributed by atoms with Crippen LogP contribution < -0.4 is 24.0 Å². The van der Waals surface area contributed by atoms with Crippen LogP contribution in [0.25, 0.3) is 0 Å². The second kappa shape index (κ2) is 7.07. The number of hydrogen-bond acceptors (Lipinski definition) is 0. The lowest BCUT2D eigenvalue weighted by molar-refractivity contribution is -0.945. The highest BCUT2D eigenvalue weighted by molar-refractivity contribution is 6.76. The Hall–Kier alpha value is -0.653. The van der Waals surface area contributed by atoms with E-state index in [1.54, 1.807) is 11.1 Å². The summed E-state index contributed by atoms with van der Waals surface area (Å²) in [7, 11) is 1.34. The third kappa shape index (κ3) is 4.25. The van der Waals surface area contributed by atoms with Gasteiger partial charge >= 0.3 is 0 Å². The number of benzene rings is 2. The molecule has 0 N–H and O–H groups in total. The Morgan fingerprint density at radius 3 is 2.09 bits per heavy atom. The Labute approximate surface area is 159 Å². The predicted octanol–water partition coefficient (Wildman–Crippen LogP) is 1.81. The van der Waals surface area contributed by atoms with Crippen molar-refractivity contribution in [2.75, 3.05) is 13.2 Å². The summed E-state index contributed by atoms with van der Waals surface area (Å²) >= 11 is 0. The monoisotopic (exact) mass is 437 g/mol. The molecule has 0 aliphatic carbocycles. The lowest BCUT2D eigenvalue weighted by atomic mass is 9.88. The maximum absolute atomic E-state index is 2.50. The molecule has 23 heavy (non-hydrogen) atoms. The molecule has 1 aliphatic rings. The molecule has 1 heterocycles. The van der Waals surface area contributed by atoms with Crippen LogP contribution in [0.2, 0.25) is 19.6 Å². The molecule has 1 nitrogen and oxygen atoms in total. The van der Waals surface area contributed by atoms with E-state index >= 15 is 0 Å². The maximum atomic E-state index is 2.50. The van der Waals surface area contributed by atoms with E-state index in [0.717, 1.165) is 4.48 Å². The van der Waals surface area contributed by atoms with Crippen molar-refractivity contribution in [3.8, 4) is 0 Å². The first-order chi connectivity index (χ1) is 10.4. The molecular formula is C20H28INSi. The first kappa shape index (κ1) is 18.7. The van der Waals surface area contributed by atoms with E-state index in [0.29, 0.717) is 6.04 Å². The number of quaternary nitrogens is 1. The second-order valence-electron chi connectivity index (χ2n) is 8.26. The molecule has 0 unspecified atom stereocenters. The van der Waals surface area contributed by atoms with Gasteiger partial charge in [-0.3, -0.25) is 0 Å². The number of likely N-dealkylation sites (N-methyl/N-ethyl adjacent to an activating group) is 1. The van der Waals surface area contributed by atoms with Gasteiger partial charge in [0.1, 0.15) is 20.7 Å². The van der Waals surface area contributed by atoms with Crippen LogP contribution in [0.4, 0.5) is 0 Å². The summed E-state index contributed by atoms with van der Waals surface area (Å²) < 4.78 is 1.16. The molecule has 0 fully saturated rings. The van der Waals surface area contributed by atoms with E-state index in [2.05, 4.69) is 81.3 Å². The predicted molar refractivity (Wildman–Crippen MR) is 97.4 cm³/mol. The van der Waals surface area contributed by atoms with Gasteiger partial charge in [0.2, 0.25) is 0 Å². The van der Waals surface area contributed by atoms with Crippen molar-refractivity contribution < 1.29 is 28.5 Å². The largest absolute Gasteiger partial charge is 1.00 e. The summed E-state index contributed by atoms with van der Waals surface area (Å²) in [6.45, 7) is 8.66. The first-order valence-corrected chi connectivity index (χ1v) is 12.0. The molecule has 2 atom stereocenters. The van der Waals surface area contributed by atoms with Crippen molar-refractivity contribution >= 4 is 8.07 Å². The van der Waals surface area contributed by atoms with Crippen molar-refractivity contribution in [3.63, 3.8) is 0 Å². The molecule has 0 aromatic heterocycles. The van der Waals surface area contributed by atoms with Gasteiger partial charge in [-0.1, -0.05) is 74.2 Å². The SMILES string of the molecule is C[N@+]1(C[Si](C)(C)C)Cc2ccccc2C[C@H]1c1ccccc1.[I-]. The van der Waals surface area contributed by atoms with Crippen LogP contribution in [0.1, 0.15) is 22.7 Å². The van der Waals surface area contributed by atoms with E-state index in [4.69, 9.17) is 0 Å². The Bertz CT molecular complexity index is 650. The molecule has 0 saturated heterocycles. The second-order valence-corrected chi connectivity index (χ2v) is 13.7. The number of nitrogens with zero attached hydrogens (tertiary/aromatic N) is 1. The standard InChI is InChI=1S/C20H28NSi.HI/c1-21(16-22(2,3)4)15-19-13-9-8-12-18(19)14-20(21)17-10-6-5-7-11-17;/h5-13,20H,14-16H2,1-4H3;1H/q+1;/p-1/t20-,21+;/m0./s1. The van der Waals surface area contributed by atoms with Gasteiger partial charge in [0, 0.05) is 17.5 Å². The van der Waals surface area contributed by atoms with Crippen molar-refractivity contribution in [1.29, 1.82) is 0 Å². The number of halogens is 1. The summed E-state index contributed by atoms with van der Waals surface area (Å²) in [5, 5.41) is 0. The first-order valence-electron chi connectivity index (χ1n) is 8.33. The molecule has 0 spiro atoms. The molecular weight excluding hydrogens is 409 g/mol. The zero-order valence-corrected chi connectivity index (χ0v) is 17.9. The summed E-state index contributed by atoms with van der Waals surface area (Å²) in [4.78, 5) is 0. The molecule has 0 radical (unpaired) electrons. The van der Waals surface area contributed by atoms with Crippen LogP contribution in [0.15, 0.2) is 54.6 Å². The minimum Gasteiger partial charge on any atom is -1.00 e. The van der Waals surface area contributed by atoms with Crippen LogP contribution in [0.3, 0.4) is 0 Å². The quantitative estimate of drug-likeness (QED) is 0.391. The molecule has 0 bridgehead atoms. The average molecular weight is 437 g/mol. The van der Waals surface area contributed by atoms with E-state index < -0.39 is 8.07 Å². The molecule has 124 valence electrons. The summed E-state index contributed by atoms with van der Waals surface area (Å²) in [5.41, 5.74) is 4.59. The number of hydrogen-bond donors (Lipinski definition) is 0. The van der Waals surface area contributed by atoms with Gasteiger partial charge in [-0.25, -0.2) is 0 Å². The summed E-state index contributed by atoms with van der Waals surface area (Å²) in [5.74, 6) is 0. The van der Waals surface area contributed by atoms with Crippen LogP contribution in [-0.4, -0.2) is 25.8 Å². The van der Waals surface area contributed by atoms with E-state index in [-0.39, 0.29) is 24.0 Å². The highest BCUT2D eigenvalue weighted by Crippen LogP contribution is 2.39. The van der Waals surface area contributed by atoms with Crippen molar-refractivity contribution in [3.05, 3.63) is 71.3 Å². The lowest BCUT2D eigenvalue weighted by Gasteiger charge is -2.48. The highest BCUT2D eigenvalue weighted by atomic mass is 127. The molecule has 0 amide bonds. The van der Waals surface area contributed by atoms with Crippen molar-refractivity contribution in [2.45, 2.75) is 38.6 Å². The molecule has 3 rings (SSSR count). The molecule has 0 saturated carbocycles. The summed E-state index contributed by atoms with van der Waals surface area (Å²) in [6, 6.07) is 20.8. The Kier molecular flexibility index (Phi) is 5.75. The van der Waals surface area contributed by atoms with Crippen molar-refractivity contribution in [2.24, 2.45) is 0 Å². The molecule has 3 heteroatoms. The van der Waals surface area contributed by atoms with Crippen LogP contribution in [-0.2, 0) is 13.0 Å². The normalized spacial score (nSPS) is 23.7. The third-order valence-corrected chi connectivity index (χ3v) is 6.51. The fourth-order valence-electron chi connectivity index (χ4n) is 4.24. The van der Waals surface area contributed by atoms with Gasteiger partial charge in [-0.05, 0) is 5.56 Å². The maximum Gasteiger partial charge on any atom is 0.119 e. The number of fused-ring (bicyclic) bond motifs is 1. The lowest BCUT2D eigenvalue weighted by Crippen LogP contribution is -3.00. The zero-order chi connectivity index (χ0) is 15.8. The van der Waals surface area contributed by atoms with Crippen molar-refractivity contribution in [1.82, 2.24) is 0 Å². The molecule has 2 aromatic rings. The Balaban J connectivity index is 0.00000192. The minimum atomic E-state index is -1.14. The fraction of sp³-hybridized carbons (Fsp3) is 0.400. The van der Waals surface area contributed by atoms with Gasteiger partial charge < -0.3 is 28.5 Å². The van der Waals surface area contributed by atoms with Gasteiger partial charge in [0.15, 0.2) is 0 Å².